The maximum Gasteiger partial charge on any atom is 0.228 e. The number of hydrogen-bond acceptors (Lipinski definition) is 5. The summed E-state index contributed by atoms with van der Waals surface area (Å²) in [5.74, 6) is 1.49. The summed E-state index contributed by atoms with van der Waals surface area (Å²) in [4.78, 5) is 24.4. The van der Waals surface area contributed by atoms with Crippen molar-refractivity contribution in [2.24, 2.45) is 5.73 Å². The van der Waals surface area contributed by atoms with Gasteiger partial charge >= 0.3 is 0 Å². The van der Waals surface area contributed by atoms with Crippen LogP contribution in [0.4, 0.5) is 0 Å². The van der Waals surface area contributed by atoms with Gasteiger partial charge in [0.1, 0.15) is 0 Å². The molecule has 0 aliphatic rings. The molecule has 0 radical (unpaired) electrons. The minimum absolute atomic E-state index is 0.0868. The molecule has 0 fully saturated rings. The molecule has 6 heteroatoms. The molecule has 0 unspecified atom stereocenters. The molecule has 2 N–H and O–H groups in total. The van der Waals surface area contributed by atoms with Gasteiger partial charge in [-0.05, 0) is 0 Å². The van der Waals surface area contributed by atoms with E-state index >= 15 is 0 Å². The molecule has 0 saturated heterocycles. The Bertz CT molecular complexity index is 209. The number of hydrogen-bond donors (Lipinski definition) is 1. The van der Waals surface area contributed by atoms with E-state index in [0.29, 0.717) is 25.9 Å². The summed E-state index contributed by atoms with van der Waals surface area (Å²) in [6.07, 6.45) is 0.763. The van der Waals surface area contributed by atoms with Gasteiger partial charge in [-0.1, -0.05) is 35.4 Å². The molecule has 0 aliphatic heterocycles. The first-order valence-corrected chi connectivity index (χ1v) is 7.93. The number of carbonyl (C=O) groups excluding carboxylic acids is 2. The highest BCUT2D eigenvalue weighted by atomic mass is 33.1. The van der Waals surface area contributed by atoms with Crippen molar-refractivity contribution in [2.45, 2.75) is 26.7 Å². The van der Waals surface area contributed by atoms with Gasteiger partial charge in [0.05, 0.1) is 0 Å². The number of nitrogens with zero attached hydrogens (tertiary/aromatic N) is 1. The average molecular weight is 264 g/mol. The third kappa shape index (κ3) is 6.40. The van der Waals surface area contributed by atoms with Crippen LogP contribution in [0.5, 0.6) is 0 Å². The molecule has 0 spiro atoms. The third-order valence-corrected chi connectivity index (χ3v) is 4.31. The smallest absolute Gasteiger partial charge is 0.228 e. The van der Waals surface area contributed by atoms with E-state index in [2.05, 4.69) is 0 Å². The summed E-state index contributed by atoms with van der Waals surface area (Å²) in [7, 11) is 3.33. The van der Waals surface area contributed by atoms with Crippen LogP contribution >= 0.6 is 21.6 Å². The molecule has 0 aliphatic carbocycles. The molecule has 0 bridgehead atoms. The zero-order valence-corrected chi connectivity index (χ0v) is 11.5. The Labute approximate surface area is 105 Å². The van der Waals surface area contributed by atoms with Gasteiger partial charge < -0.3 is 5.73 Å². The van der Waals surface area contributed by atoms with Crippen molar-refractivity contribution in [3.05, 3.63) is 0 Å². The van der Waals surface area contributed by atoms with Crippen LogP contribution in [0.1, 0.15) is 26.7 Å². The van der Waals surface area contributed by atoms with Crippen molar-refractivity contribution in [1.29, 1.82) is 0 Å². The number of rotatable bonds is 8. The Hall–Kier alpha value is -0.200. The molecule has 4 nitrogen and oxygen atoms in total. The van der Waals surface area contributed by atoms with E-state index in [1.165, 1.54) is 4.90 Å². The van der Waals surface area contributed by atoms with Gasteiger partial charge in [-0.25, -0.2) is 0 Å². The van der Waals surface area contributed by atoms with Gasteiger partial charge in [0, 0.05) is 37.4 Å². The zero-order valence-electron chi connectivity index (χ0n) is 9.90. The Morgan fingerprint density at radius 1 is 1.06 bits per heavy atom. The third-order valence-electron chi connectivity index (χ3n) is 1.89. The van der Waals surface area contributed by atoms with Crippen LogP contribution < -0.4 is 5.73 Å². The number of imide groups is 1. The lowest BCUT2D eigenvalue weighted by Crippen LogP contribution is -2.37. The van der Waals surface area contributed by atoms with Crippen LogP contribution in [-0.4, -0.2) is 41.3 Å². The topological polar surface area (TPSA) is 63.4 Å². The Balaban J connectivity index is 3.93. The zero-order chi connectivity index (χ0) is 12.4. The van der Waals surface area contributed by atoms with Crippen LogP contribution in [0.25, 0.3) is 0 Å². The number of amides is 2. The lowest BCUT2D eigenvalue weighted by atomic mass is 10.3. The summed E-state index contributed by atoms with van der Waals surface area (Å²) in [5.41, 5.74) is 5.36. The Kier molecular flexibility index (Phi) is 9.86. The number of carbonyl (C=O) groups is 2. The normalized spacial score (nSPS) is 10.2. The SMILES string of the molecule is CCC(=O)N(CCSSCCN)C(=O)CC. The largest absolute Gasteiger partial charge is 0.330 e. The van der Waals surface area contributed by atoms with E-state index in [4.69, 9.17) is 5.73 Å². The first-order valence-electron chi connectivity index (χ1n) is 5.45. The fourth-order valence-electron chi connectivity index (χ4n) is 1.06. The average Bonchev–Trinajstić information content (AvgIpc) is 2.32. The number of nitrogens with two attached hydrogens (primary N) is 1. The minimum atomic E-state index is -0.0868. The molecule has 0 atom stereocenters. The van der Waals surface area contributed by atoms with E-state index in [0.717, 1.165) is 11.5 Å². The fraction of sp³-hybridized carbons (Fsp3) is 0.800. The molecular formula is C10H20N2O2S2. The quantitative estimate of drug-likeness (QED) is 0.532. The molecule has 16 heavy (non-hydrogen) atoms. The van der Waals surface area contributed by atoms with Crippen molar-refractivity contribution < 1.29 is 9.59 Å². The van der Waals surface area contributed by atoms with Crippen LogP contribution in [-0.2, 0) is 9.59 Å². The minimum Gasteiger partial charge on any atom is -0.330 e. The van der Waals surface area contributed by atoms with Crippen LogP contribution in [0, 0.1) is 0 Å². The second-order valence-electron chi connectivity index (χ2n) is 3.08. The van der Waals surface area contributed by atoms with Crippen molar-refractivity contribution in [3.63, 3.8) is 0 Å². The molecule has 2 amide bonds. The van der Waals surface area contributed by atoms with E-state index < -0.39 is 0 Å². The highest BCUT2D eigenvalue weighted by molar-refractivity contribution is 8.76. The predicted octanol–water partition coefficient (Wildman–Crippen LogP) is 1.50. The molecule has 0 aromatic carbocycles. The van der Waals surface area contributed by atoms with Crippen molar-refractivity contribution in [3.8, 4) is 0 Å². The summed E-state index contributed by atoms with van der Waals surface area (Å²) in [6, 6.07) is 0. The highest BCUT2D eigenvalue weighted by Crippen LogP contribution is 2.20. The predicted molar refractivity (Wildman–Crippen MR) is 71.3 cm³/mol. The lowest BCUT2D eigenvalue weighted by Gasteiger charge is -2.19. The second-order valence-corrected chi connectivity index (χ2v) is 5.78. The molecule has 0 rings (SSSR count). The molecule has 0 aromatic rings. The first kappa shape index (κ1) is 15.8. The van der Waals surface area contributed by atoms with Gasteiger partial charge in [-0.3, -0.25) is 14.5 Å². The van der Waals surface area contributed by atoms with Crippen molar-refractivity contribution in [1.82, 2.24) is 4.90 Å². The summed E-state index contributed by atoms with van der Waals surface area (Å²) < 4.78 is 0. The van der Waals surface area contributed by atoms with Gasteiger partial charge in [-0.15, -0.1) is 0 Å². The maximum absolute atomic E-state index is 11.5. The second kappa shape index (κ2) is 9.99. The van der Waals surface area contributed by atoms with Gasteiger partial charge in [0.25, 0.3) is 0 Å². The van der Waals surface area contributed by atoms with Crippen molar-refractivity contribution >= 4 is 33.4 Å². The summed E-state index contributed by atoms with van der Waals surface area (Å²) >= 11 is 0. The van der Waals surface area contributed by atoms with E-state index in [-0.39, 0.29) is 11.8 Å². The maximum atomic E-state index is 11.5. The first-order chi connectivity index (χ1) is 7.67. The molecular weight excluding hydrogens is 244 g/mol. The fourth-order valence-corrected chi connectivity index (χ4v) is 2.87. The Morgan fingerprint density at radius 2 is 1.56 bits per heavy atom. The van der Waals surface area contributed by atoms with Gasteiger partial charge in [0.15, 0.2) is 0 Å². The van der Waals surface area contributed by atoms with Crippen LogP contribution in [0.3, 0.4) is 0 Å². The van der Waals surface area contributed by atoms with Crippen LogP contribution in [0.2, 0.25) is 0 Å². The van der Waals surface area contributed by atoms with Gasteiger partial charge in [-0.2, -0.15) is 0 Å². The molecule has 94 valence electrons. The van der Waals surface area contributed by atoms with Gasteiger partial charge in [0.2, 0.25) is 11.8 Å². The lowest BCUT2D eigenvalue weighted by molar-refractivity contribution is -0.144. The highest BCUT2D eigenvalue weighted by Gasteiger charge is 2.17. The Morgan fingerprint density at radius 3 is 2.00 bits per heavy atom. The monoisotopic (exact) mass is 264 g/mol. The van der Waals surface area contributed by atoms with Crippen LogP contribution in [0.15, 0.2) is 0 Å². The van der Waals surface area contributed by atoms with E-state index in [1.807, 2.05) is 0 Å². The molecule has 0 aromatic heterocycles. The van der Waals surface area contributed by atoms with Crippen molar-refractivity contribution in [2.75, 3.05) is 24.6 Å². The standard InChI is InChI=1S/C10H20N2O2S2/c1-3-9(13)12(10(14)4-2)6-8-16-15-7-5-11/h3-8,11H2,1-2H3. The summed E-state index contributed by atoms with van der Waals surface area (Å²) in [5, 5.41) is 0. The summed E-state index contributed by atoms with van der Waals surface area (Å²) in [6.45, 7) is 4.70. The molecule has 0 saturated carbocycles. The van der Waals surface area contributed by atoms with E-state index in [9.17, 15) is 9.59 Å². The van der Waals surface area contributed by atoms with E-state index in [1.54, 1.807) is 35.4 Å². The molecule has 0 heterocycles.